The number of piperazine rings is 1. The smallest absolute Gasteiger partial charge is 0.256 e. The van der Waals surface area contributed by atoms with Crippen molar-refractivity contribution in [2.75, 3.05) is 33.3 Å². The summed E-state index contributed by atoms with van der Waals surface area (Å²) in [5.74, 6) is 1.75. The molecule has 2 aromatic rings. The predicted molar refractivity (Wildman–Crippen MR) is 118 cm³/mol. The van der Waals surface area contributed by atoms with E-state index in [1.807, 2.05) is 17.0 Å². The van der Waals surface area contributed by atoms with Crippen LogP contribution in [0.4, 0.5) is 0 Å². The van der Waals surface area contributed by atoms with Gasteiger partial charge in [-0.25, -0.2) is 0 Å². The van der Waals surface area contributed by atoms with Gasteiger partial charge in [0.2, 0.25) is 0 Å². The van der Waals surface area contributed by atoms with Gasteiger partial charge in [0.25, 0.3) is 5.91 Å². The number of hydrogen-bond donors (Lipinski definition) is 0. The van der Waals surface area contributed by atoms with Crippen LogP contribution in [0.5, 0.6) is 5.75 Å². The topological polar surface area (TPSA) is 37.7 Å². The Balaban J connectivity index is 0.00000205. The first-order valence-electron chi connectivity index (χ1n) is 10.9. The summed E-state index contributed by atoms with van der Waals surface area (Å²) in [5, 5.41) is 1.05. The van der Waals surface area contributed by atoms with Gasteiger partial charge in [-0.1, -0.05) is 31.4 Å². The maximum atomic E-state index is 13.5. The summed E-state index contributed by atoms with van der Waals surface area (Å²) in [6.45, 7) is 5.45. The van der Waals surface area contributed by atoms with Crippen molar-refractivity contribution >= 4 is 29.2 Å². The van der Waals surface area contributed by atoms with Crippen LogP contribution in [0, 0.1) is 5.92 Å². The molecule has 1 aromatic heterocycles. The number of aromatic nitrogens is 1. The first-order valence-corrected chi connectivity index (χ1v) is 10.9. The van der Waals surface area contributed by atoms with Crippen LogP contribution >= 0.6 is 12.4 Å². The molecule has 29 heavy (non-hydrogen) atoms. The van der Waals surface area contributed by atoms with E-state index in [0.29, 0.717) is 18.0 Å². The van der Waals surface area contributed by atoms with E-state index >= 15 is 0 Å². The lowest BCUT2D eigenvalue weighted by Crippen LogP contribution is -2.52. The zero-order chi connectivity index (χ0) is 19.3. The van der Waals surface area contributed by atoms with Crippen LogP contribution in [0.2, 0.25) is 0 Å². The van der Waals surface area contributed by atoms with Crippen LogP contribution in [0.1, 0.15) is 55.4 Å². The SMILES string of the molecule is C[C@H]1CN(C(=O)c2cn3c4c(cccc24)OC[C@H]3C2CCCCC2)CCN1C.Cl. The second kappa shape index (κ2) is 8.19. The van der Waals surface area contributed by atoms with Crippen LogP contribution in [-0.4, -0.2) is 59.6 Å². The van der Waals surface area contributed by atoms with Gasteiger partial charge in [-0.3, -0.25) is 4.79 Å². The molecule has 0 N–H and O–H groups in total. The highest BCUT2D eigenvalue weighted by atomic mass is 35.5. The van der Waals surface area contributed by atoms with E-state index in [9.17, 15) is 4.79 Å². The van der Waals surface area contributed by atoms with Crippen LogP contribution < -0.4 is 4.74 Å². The molecule has 3 heterocycles. The molecule has 3 aliphatic rings. The van der Waals surface area contributed by atoms with Gasteiger partial charge in [0, 0.05) is 37.3 Å². The maximum Gasteiger partial charge on any atom is 0.256 e. The van der Waals surface area contributed by atoms with Crippen molar-refractivity contribution in [3.05, 3.63) is 30.0 Å². The number of carbonyl (C=O) groups excluding carboxylic acids is 1. The van der Waals surface area contributed by atoms with Crippen LogP contribution in [-0.2, 0) is 0 Å². The summed E-state index contributed by atoms with van der Waals surface area (Å²) in [6, 6.07) is 6.91. The third-order valence-electron chi connectivity index (χ3n) is 7.25. The minimum atomic E-state index is 0. The molecule has 0 bridgehead atoms. The largest absolute Gasteiger partial charge is 0.489 e. The second-order valence-electron chi connectivity index (χ2n) is 8.96. The summed E-state index contributed by atoms with van der Waals surface area (Å²) in [7, 11) is 2.14. The fourth-order valence-electron chi connectivity index (χ4n) is 5.37. The molecule has 2 fully saturated rings. The van der Waals surface area contributed by atoms with Crippen molar-refractivity contribution in [2.45, 2.75) is 51.1 Å². The Labute approximate surface area is 179 Å². The molecule has 2 aliphatic heterocycles. The van der Waals surface area contributed by atoms with Crippen LogP contribution in [0.15, 0.2) is 24.4 Å². The van der Waals surface area contributed by atoms with Gasteiger partial charge in [0.15, 0.2) is 0 Å². The van der Waals surface area contributed by atoms with Gasteiger partial charge in [-0.2, -0.15) is 0 Å². The number of amides is 1. The standard InChI is InChI=1S/C23H31N3O2.ClH/c1-16-13-25(12-11-24(16)2)23(27)19-14-26-20(17-7-4-3-5-8-17)15-28-21-10-6-9-18(19)22(21)26;/h6,9-10,14,16-17,20H,3-5,7-8,11-13,15H2,1-2H3;1H/t16-,20-;/m0./s1. The van der Waals surface area contributed by atoms with E-state index < -0.39 is 0 Å². The van der Waals surface area contributed by atoms with Gasteiger partial charge in [-0.05, 0) is 38.8 Å². The highest BCUT2D eigenvalue weighted by molar-refractivity contribution is 6.08. The van der Waals surface area contributed by atoms with E-state index in [1.165, 1.54) is 32.1 Å². The van der Waals surface area contributed by atoms with E-state index in [2.05, 4.69) is 35.7 Å². The highest BCUT2D eigenvalue weighted by Gasteiger charge is 2.34. The van der Waals surface area contributed by atoms with E-state index in [1.54, 1.807) is 0 Å². The number of carbonyl (C=O) groups is 1. The minimum absolute atomic E-state index is 0. The number of hydrogen-bond acceptors (Lipinski definition) is 3. The average molecular weight is 418 g/mol. The van der Waals surface area contributed by atoms with E-state index in [0.717, 1.165) is 48.5 Å². The number of ether oxygens (including phenoxy) is 1. The monoisotopic (exact) mass is 417 g/mol. The predicted octanol–water partition coefficient (Wildman–Crippen LogP) is 4.35. The third kappa shape index (κ3) is 3.53. The summed E-state index contributed by atoms with van der Waals surface area (Å²) < 4.78 is 8.56. The van der Waals surface area contributed by atoms with Crippen molar-refractivity contribution in [3.8, 4) is 5.75 Å². The first kappa shape index (κ1) is 20.5. The lowest BCUT2D eigenvalue weighted by molar-refractivity contribution is 0.0573. The molecule has 1 saturated carbocycles. The summed E-state index contributed by atoms with van der Waals surface area (Å²) in [6.07, 6.45) is 8.68. The van der Waals surface area contributed by atoms with Crippen LogP contribution in [0.3, 0.4) is 0 Å². The lowest BCUT2D eigenvalue weighted by atomic mass is 9.83. The molecule has 2 atom stereocenters. The van der Waals surface area contributed by atoms with Gasteiger partial charge in [0.1, 0.15) is 12.4 Å². The van der Waals surface area contributed by atoms with Gasteiger partial charge in [-0.15, -0.1) is 12.4 Å². The van der Waals surface area contributed by atoms with Crippen molar-refractivity contribution < 1.29 is 9.53 Å². The Morgan fingerprint density at radius 2 is 1.93 bits per heavy atom. The molecule has 5 rings (SSSR count). The fraction of sp³-hybridized carbons (Fsp3) is 0.609. The molecule has 1 aliphatic carbocycles. The molecular weight excluding hydrogens is 386 g/mol. The number of rotatable bonds is 2. The van der Waals surface area contributed by atoms with Crippen molar-refractivity contribution in [1.82, 2.24) is 14.4 Å². The van der Waals surface area contributed by atoms with Crippen LogP contribution in [0.25, 0.3) is 10.9 Å². The first-order chi connectivity index (χ1) is 13.6. The van der Waals surface area contributed by atoms with E-state index in [-0.39, 0.29) is 18.3 Å². The number of benzene rings is 1. The maximum absolute atomic E-state index is 13.5. The quantitative estimate of drug-likeness (QED) is 0.728. The Morgan fingerprint density at radius 1 is 1.14 bits per heavy atom. The summed E-state index contributed by atoms with van der Waals surface area (Å²) >= 11 is 0. The van der Waals surface area contributed by atoms with E-state index in [4.69, 9.17) is 4.74 Å². The van der Waals surface area contributed by atoms with Gasteiger partial charge >= 0.3 is 0 Å². The molecule has 5 nitrogen and oxygen atoms in total. The Morgan fingerprint density at radius 3 is 2.69 bits per heavy atom. The molecular formula is C23H32ClN3O2. The molecule has 0 spiro atoms. The number of nitrogens with zero attached hydrogens (tertiary/aromatic N) is 3. The number of para-hydroxylation sites is 1. The van der Waals surface area contributed by atoms with Crippen molar-refractivity contribution in [3.63, 3.8) is 0 Å². The zero-order valence-corrected chi connectivity index (χ0v) is 18.3. The zero-order valence-electron chi connectivity index (χ0n) is 17.5. The molecule has 1 aromatic carbocycles. The molecule has 6 heteroatoms. The normalized spacial score (nSPS) is 25.5. The Kier molecular flexibility index (Phi) is 5.80. The highest BCUT2D eigenvalue weighted by Crippen LogP contribution is 2.42. The second-order valence-corrected chi connectivity index (χ2v) is 8.96. The molecule has 0 unspecified atom stereocenters. The van der Waals surface area contributed by atoms with Crippen molar-refractivity contribution in [1.29, 1.82) is 0 Å². The number of halogens is 1. The number of likely N-dealkylation sites (N-methyl/N-ethyl adjacent to an activating group) is 1. The third-order valence-corrected chi connectivity index (χ3v) is 7.25. The fourth-order valence-corrected chi connectivity index (χ4v) is 5.37. The molecule has 0 radical (unpaired) electrons. The Hall–Kier alpha value is -1.72. The van der Waals surface area contributed by atoms with Crippen molar-refractivity contribution in [2.24, 2.45) is 5.92 Å². The molecule has 158 valence electrons. The molecule has 1 amide bonds. The lowest BCUT2D eigenvalue weighted by Gasteiger charge is -2.37. The van der Waals surface area contributed by atoms with Gasteiger partial charge < -0.3 is 19.1 Å². The molecule has 1 saturated heterocycles. The summed E-state index contributed by atoms with van der Waals surface area (Å²) in [5.41, 5.74) is 1.97. The van der Waals surface area contributed by atoms with Gasteiger partial charge in [0.05, 0.1) is 17.1 Å². The minimum Gasteiger partial charge on any atom is -0.489 e. The Bertz CT molecular complexity index is 890. The summed E-state index contributed by atoms with van der Waals surface area (Å²) in [4.78, 5) is 17.8. The average Bonchev–Trinajstić information content (AvgIpc) is 3.12.